The van der Waals surface area contributed by atoms with E-state index in [0.717, 1.165) is 0 Å². The molecule has 10 heteroatoms. The van der Waals surface area contributed by atoms with Crippen molar-refractivity contribution >= 4 is 5.78 Å². The van der Waals surface area contributed by atoms with Crippen molar-refractivity contribution in [3.05, 3.63) is 40.3 Å². The Hall–Kier alpha value is -2.20. The zero-order valence-corrected chi connectivity index (χ0v) is 17.5. The van der Waals surface area contributed by atoms with Crippen molar-refractivity contribution in [3.63, 3.8) is 0 Å². The largest absolute Gasteiger partial charge is 0.491 e. The third-order valence-electron chi connectivity index (χ3n) is 3.64. The molecule has 0 aromatic heterocycles. The summed E-state index contributed by atoms with van der Waals surface area (Å²) in [4.78, 5) is 13.8. The summed E-state index contributed by atoms with van der Waals surface area (Å²) < 4.78 is 32.3. The number of carbonyl (C=O) groups is 1. The summed E-state index contributed by atoms with van der Waals surface area (Å²) in [6.45, 7) is 7.01. The Bertz CT molecular complexity index is 607. The molecule has 0 N–H and O–H groups in total. The summed E-state index contributed by atoms with van der Waals surface area (Å²) in [5.41, 5.74) is 8.76. The first-order valence-electron chi connectivity index (χ1n) is 9.87. The fraction of sp³-hybridized carbons (Fsp3) is 0.650. The second-order valence-electron chi connectivity index (χ2n) is 5.95. The normalized spacial score (nSPS) is 10.6. The highest BCUT2D eigenvalue weighted by molar-refractivity contribution is 5.94. The van der Waals surface area contributed by atoms with Crippen molar-refractivity contribution in [2.75, 3.05) is 79.2 Å². The maximum absolute atomic E-state index is 11.2. The number of benzene rings is 1. The van der Waals surface area contributed by atoms with Gasteiger partial charge in [0.2, 0.25) is 0 Å². The predicted molar refractivity (Wildman–Crippen MR) is 110 cm³/mol. The molecule has 0 radical (unpaired) electrons. The minimum atomic E-state index is 0.0328. The highest BCUT2D eigenvalue weighted by Gasteiger charge is 1.99. The van der Waals surface area contributed by atoms with Gasteiger partial charge in [-0.2, -0.15) is 0 Å². The summed E-state index contributed by atoms with van der Waals surface area (Å²) >= 11 is 0. The second-order valence-corrected chi connectivity index (χ2v) is 5.95. The Morgan fingerprint density at radius 3 is 1.63 bits per heavy atom. The number of nitrogens with zero attached hydrogens (tertiary/aromatic N) is 3. The number of Topliss-reactive ketones (excluding diaryl/α,β-unsaturated/α-hetero) is 1. The third-order valence-corrected chi connectivity index (χ3v) is 3.64. The van der Waals surface area contributed by atoms with E-state index < -0.39 is 0 Å². The van der Waals surface area contributed by atoms with Gasteiger partial charge < -0.3 is 28.4 Å². The highest BCUT2D eigenvalue weighted by atomic mass is 16.6. The van der Waals surface area contributed by atoms with E-state index in [0.29, 0.717) is 90.5 Å². The number of hydrogen-bond acceptors (Lipinski definition) is 8. The molecule has 0 aliphatic heterocycles. The molecule has 1 rings (SSSR count). The van der Waals surface area contributed by atoms with Crippen LogP contribution in [0.5, 0.6) is 5.75 Å². The highest BCUT2D eigenvalue weighted by Crippen LogP contribution is 2.12. The lowest BCUT2D eigenvalue weighted by Gasteiger charge is -2.09. The number of carbonyl (C=O) groups excluding carboxylic acids is 1. The lowest BCUT2D eigenvalue weighted by atomic mass is 10.1. The van der Waals surface area contributed by atoms with Gasteiger partial charge in [-0.15, -0.1) is 0 Å². The molecule has 0 amide bonds. The van der Waals surface area contributed by atoms with E-state index in [2.05, 4.69) is 10.0 Å². The second kappa shape index (κ2) is 18.8. The first-order valence-corrected chi connectivity index (χ1v) is 9.87. The monoisotopic (exact) mass is 425 g/mol. The van der Waals surface area contributed by atoms with E-state index in [-0.39, 0.29) is 5.78 Å². The van der Waals surface area contributed by atoms with Crippen LogP contribution in [0.1, 0.15) is 17.3 Å². The van der Waals surface area contributed by atoms with E-state index in [1.807, 2.05) is 0 Å². The summed E-state index contributed by atoms with van der Waals surface area (Å²) in [6, 6.07) is 7.03. The van der Waals surface area contributed by atoms with Crippen molar-refractivity contribution in [3.8, 4) is 5.75 Å². The topological polar surface area (TPSA) is 121 Å². The van der Waals surface area contributed by atoms with Gasteiger partial charge in [0.15, 0.2) is 5.78 Å². The van der Waals surface area contributed by atoms with Gasteiger partial charge in [0.25, 0.3) is 0 Å². The summed E-state index contributed by atoms with van der Waals surface area (Å²) in [7, 11) is 0. The van der Waals surface area contributed by atoms with Crippen molar-refractivity contribution in [1.29, 1.82) is 0 Å². The van der Waals surface area contributed by atoms with Gasteiger partial charge >= 0.3 is 0 Å². The summed E-state index contributed by atoms with van der Waals surface area (Å²) in [5.74, 6) is 0.740. The van der Waals surface area contributed by atoms with Crippen LogP contribution in [0, 0.1) is 0 Å². The fourth-order valence-electron chi connectivity index (χ4n) is 2.14. The van der Waals surface area contributed by atoms with E-state index in [1.54, 1.807) is 24.3 Å². The summed E-state index contributed by atoms with van der Waals surface area (Å²) in [5, 5.41) is 3.36. The average molecular weight is 425 g/mol. The van der Waals surface area contributed by atoms with Crippen LogP contribution in [0.25, 0.3) is 10.4 Å². The molecule has 0 fully saturated rings. The molecule has 1 aromatic rings. The Morgan fingerprint density at radius 2 is 1.20 bits per heavy atom. The average Bonchev–Trinajstić information content (AvgIpc) is 2.75. The van der Waals surface area contributed by atoms with Gasteiger partial charge in [0.1, 0.15) is 12.4 Å². The third kappa shape index (κ3) is 14.7. The molecule has 0 heterocycles. The number of ketones is 1. The van der Waals surface area contributed by atoms with Crippen LogP contribution >= 0.6 is 0 Å². The summed E-state index contributed by atoms with van der Waals surface area (Å²) in [6.07, 6.45) is 0. The standard InChI is InChI=1S/C20H31N3O7/c1-18(24)19-2-4-20(5-3-19)30-17-16-29-15-14-28-13-12-27-11-10-26-9-8-25-7-6-22-23-21/h2-5H,6-17H2,1H3. The van der Waals surface area contributed by atoms with Gasteiger partial charge in [-0.1, -0.05) is 5.11 Å². The van der Waals surface area contributed by atoms with E-state index in [9.17, 15) is 4.79 Å². The fourth-order valence-corrected chi connectivity index (χ4v) is 2.14. The first kappa shape index (κ1) is 25.8. The van der Waals surface area contributed by atoms with Gasteiger partial charge in [0.05, 0.1) is 66.1 Å². The first-order chi connectivity index (χ1) is 14.7. The van der Waals surface area contributed by atoms with E-state index in [4.69, 9.17) is 34.0 Å². The number of hydrogen-bond donors (Lipinski definition) is 0. The molecule has 0 spiro atoms. The van der Waals surface area contributed by atoms with Crippen LogP contribution in [0.4, 0.5) is 0 Å². The molecule has 0 unspecified atom stereocenters. The molecule has 0 saturated heterocycles. The Kier molecular flexibility index (Phi) is 16.2. The lowest BCUT2D eigenvalue weighted by molar-refractivity contribution is -0.0122. The van der Waals surface area contributed by atoms with Crippen molar-refractivity contribution < 1.29 is 33.2 Å². The number of azide groups is 1. The molecular weight excluding hydrogens is 394 g/mol. The van der Waals surface area contributed by atoms with Crippen molar-refractivity contribution in [2.45, 2.75) is 6.92 Å². The molecule has 1 aromatic carbocycles. The molecule has 0 aliphatic carbocycles. The lowest BCUT2D eigenvalue weighted by Crippen LogP contribution is -2.14. The van der Waals surface area contributed by atoms with E-state index >= 15 is 0 Å². The van der Waals surface area contributed by atoms with Crippen LogP contribution in [-0.4, -0.2) is 85.0 Å². The smallest absolute Gasteiger partial charge is 0.159 e. The zero-order chi connectivity index (χ0) is 21.7. The molecule has 0 saturated carbocycles. The molecule has 0 aliphatic rings. The zero-order valence-electron chi connectivity index (χ0n) is 17.5. The predicted octanol–water partition coefficient (Wildman–Crippen LogP) is 2.66. The van der Waals surface area contributed by atoms with Crippen LogP contribution in [-0.2, 0) is 23.7 Å². The minimum Gasteiger partial charge on any atom is -0.491 e. The molecule has 168 valence electrons. The molecule has 0 bridgehead atoms. The quantitative estimate of drug-likeness (QED) is 0.103. The van der Waals surface area contributed by atoms with Crippen LogP contribution in [0.15, 0.2) is 29.4 Å². The van der Waals surface area contributed by atoms with Crippen molar-refractivity contribution in [1.82, 2.24) is 0 Å². The van der Waals surface area contributed by atoms with Gasteiger partial charge in [-0.25, -0.2) is 0 Å². The molecule has 0 atom stereocenters. The maximum Gasteiger partial charge on any atom is 0.159 e. The van der Waals surface area contributed by atoms with Crippen LogP contribution in [0.3, 0.4) is 0 Å². The van der Waals surface area contributed by atoms with Crippen LogP contribution in [0.2, 0.25) is 0 Å². The number of ether oxygens (including phenoxy) is 6. The Morgan fingerprint density at radius 1 is 0.767 bits per heavy atom. The molecular formula is C20H31N3O7. The van der Waals surface area contributed by atoms with Gasteiger partial charge in [0, 0.05) is 17.0 Å². The van der Waals surface area contributed by atoms with Crippen molar-refractivity contribution in [2.24, 2.45) is 5.11 Å². The maximum atomic E-state index is 11.2. The van der Waals surface area contributed by atoms with Gasteiger partial charge in [-0.05, 0) is 36.7 Å². The Labute approximate surface area is 177 Å². The Balaban J connectivity index is 1.77. The van der Waals surface area contributed by atoms with E-state index in [1.165, 1.54) is 6.92 Å². The molecule has 30 heavy (non-hydrogen) atoms. The minimum absolute atomic E-state index is 0.0328. The van der Waals surface area contributed by atoms with Crippen LogP contribution < -0.4 is 4.74 Å². The number of rotatable bonds is 20. The SMILES string of the molecule is CC(=O)c1ccc(OCCOCCOCCOCCOCCOCCN=[N+]=[N-])cc1. The van der Waals surface area contributed by atoms with Gasteiger partial charge in [-0.3, -0.25) is 4.79 Å². The molecule has 10 nitrogen and oxygen atoms in total.